The van der Waals surface area contributed by atoms with Crippen molar-refractivity contribution in [3.8, 4) is 5.75 Å². The van der Waals surface area contributed by atoms with E-state index in [1.54, 1.807) is 12.4 Å². The second-order valence-electron chi connectivity index (χ2n) is 4.85. The number of hydrogen-bond acceptors (Lipinski definition) is 3. The van der Waals surface area contributed by atoms with Crippen molar-refractivity contribution in [2.75, 3.05) is 0 Å². The quantitative estimate of drug-likeness (QED) is 0.931. The molecule has 5 nitrogen and oxygen atoms in total. The van der Waals surface area contributed by atoms with Gasteiger partial charge in [-0.15, -0.1) is 0 Å². The molecule has 5 heteroatoms. The van der Waals surface area contributed by atoms with Crippen LogP contribution in [0, 0.1) is 0 Å². The van der Waals surface area contributed by atoms with Crippen LogP contribution in [0.5, 0.6) is 5.75 Å². The Morgan fingerprint density at radius 1 is 1.30 bits per heavy atom. The van der Waals surface area contributed by atoms with Crippen molar-refractivity contribution in [1.82, 2.24) is 14.9 Å². The summed E-state index contributed by atoms with van der Waals surface area (Å²) < 4.78 is 7.17. The Kier molecular flexibility index (Phi) is 4.40. The Bertz CT molecular complexity index is 564. The van der Waals surface area contributed by atoms with Gasteiger partial charge in [0, 0.05) is 18.0 Å². The van der Waals surface area contributed by atoms with Gasteiger partial charge in [0.1, 0.15) is 12.1 Å². The van der Waals surface area contributed by atoms with E-state index in [-0.39, 0.29) is 18.2 Å². The van der Waals surface area contributed by atoms with Crippen molar-refractivity contribution >= 4 is 6.03 Å². The van der Waals surface area contributed by atoms with Crippen LogP contribution in [0.25, 0.3) is 0 Å². The van der Waals surface area contributed by atoms with E-state index in [9.17, 15) is 4.79 Å². The molecule has 0 saturated carbocycles. The second-order valence-corrected chi connectivity index (χ2v) is 4.85. The van der Waals surface area contributed by atoms with E-state index in [4.69, 9.17) is 4.74 Å². The fraction of sp³-hybridized carbons (Fsp3) is 0.333. The van der Waals surface area contributed by atoms with Crippen molar-refractivity contribution in [2.24, 2.45) is 0 Å². The first kappa shape index (κ1) is 14.1. The number of carbonyl (C=O) groups is 1. The maximum atomic E-state index is 12.0. The lowest BCUT2D eigenvalue weighted by molar-refractivity contribution is 0.233. The van der Waals surface area contributed by atoms with Gasteiger partial charge in [0.15, 0.2) is 0 Å². The largest absolute Gasteiger partial charge is 0.491 e. The van der Waals surface area contributed by atoms with Gasteiger partial charge in [-0.25, -0.2) is 9.78 Å². The number of nitrogens with zero attached hydrogens (tertiary/aromatic N) is 2. The van der Waals surface area contributed by atoms with Crippen molar-refractivity contribution < 1.29 is 9.53 Å². The molecule has 1 N–H and O–H groups in total. The van der Waals surface area contributed by atoms with Crippen molar-refractivity contribution in [1.29, 1.82) is 0 Å². The summed E-state index contributed by atoms with van der Waals surface area (Å²) in [5.74, 6) is 0.793. The van der Waals surface area contributed by atoms with Gasteiger partial charge in [-0.1, -0.05) is 18.2 Å². The fourth-order valence-corrected chi connectivity index (χ4v) is 1.92. The molecular formula is C15H19N3O2. The van der Waals surface area contributed by atoms with Crippen LogP contribution in [-0.4, -0.2) is 21.7 Å². The number of amides is 1. The summed E-state index contributed by atoms with van der Waals surface area (Å²) in [5, 5.41) is 2.92. The van der Waals surface area contributed by atoms with Crippen LogP contribution in [0.3, 0.4) is 0 Å². The number of rotatable bonds is 4. The molecule has 1 aromatic heterocycles. The van der Waals surface area contributed by atoms with Crippen molar-refractivity contribution in [2.45, 2.75) is 32.9 Å². The minimum Gasteiger partial charge on any atom is -0.491 e. The molecule has 0 aliphatic heterocycles. The molecule has 1 unspecified atom stereocenters. The minimum absolute atomic E-state index is 0.0905. The minimum atomic E-state index is -0.214. The Hall–Kier alpha value is -2.30. The molecule has 106 valence electrons. The number of para-hydroxylation sites is 1. The number of nitrogens with one attached hydrogen (secondary N) is 1. The average molecular weight is 273 g/mol. The summed E-state index contributed by atoms with van der Waals surface area (Å²) in [6, 6.07) is 7.36. The van der Waals surface area contributed by atoms with Crippen LogP contribution in [0.1, 0.15) is 32.4 Å². The first-order chi connectivity index (χ1) is 9.58. The smallest absolute Gasteiger partial charge is 0.327 e. The number of imidazole rings is 1. The van der Waals surface area contributed by atoms with Gasteiger partial charge in [-0.2, -0.15) is 0 Å². The molecule has 2 aromatic rings. The zero-order valence-electron chi connectivity index (χ0n) is 11.9. The van der Waals surface area contributed by atoms with E-state index in [0.29, 0.717) is 0 Å². The lowest BCUT2D eigenvalue weighted by Crippen LogP contribution is -2.30. The molecule has 0 aliphatic rings. The predicted molar refractivity (Wildman–Crippen MR) is 76.8 cm³/mol. The molecule has 1 heterocycles. The van der Waals surface area contributed by atoms with Crippen molar-refractivity contribution in [3.63, 3.8) is 0 Å². The molecule has 0 saturated heterocycles. The van der Waals surface area contributed by atoms with E-state index >= 15 is 0 Å². The van der Waals surface area contributed by atoms with Gasteiger partial charge in [0.2, 0.25) is 0 Å². The van der Waals surface area contributed by atoms with Crippen LogP contribution in [0.4, 0.5) is 4.79 Å². The van der Waals surface area contributed by atoms with Crippen LogP contribution in [0.2, 0.25) is 0 Å². The molecule has 0 bridgehead atoms. The molecule has 20 heavy (non-hydrogen) atoms. The van der Waals surface area contributed by atoms with Gasteiger partial charge < -0.3 is 10.1 Å². The normalized spacial score (nSPS) is 12.2. The standard InChI is InChI=1S/C15H19N3O2/c1-11(2)20-14-7-5-4-6-13(14)12(3)17-15(19)18-9-8-16-10-18/h4-12H,1-3H3,(H,17,19). The zero-order chi connectivity index (χ0) is 14.5. The Morgan fingerprint density at radius 3 is 2.70 bits per heavy atom. The van der Waals surface area contributed by atoms with Crippen LogP contribution >= 0.6 is 0 Å². The van der Waals surface area contributed by atoms with Gasteiger partial charge in [0.25, 0.3) is 0 Å². The van der Waals surface area contributed by atoms with Gasteiger partial charge in [0.05, 0.1) is 12.1 Å². The molecule has 2 rings (SSSR count). The van der Waals surface area contributed by atoms with Gasteiger partial charge >= 0.3 is 6.03 Å². The van der Waals surface area contributed by atoms with Crippen LogP contribution < -0.4 is 10.1 Å². The highest BCUT2D eigenvalue weighted by Gasteiger charge is 2.15. The lowest BCUT2D eigenvalue weighted by atomic mass is 10.1. The Morgan fingerprint density at radius 2 is 2.05 bits per heavy atom. The summed E-state index contributed by atoms with van der Waals surface area (Å²) in [6.45, 7) is 5.88. The second kappa shape index (κ2) is 6.23. The highest BCUT2D eigenvalue weighted by atomic mass is 16.5. The molecule has 0 radical (unpaired) electrons. The molecule has 1 amide bonds. The third kappa shape index (κ3) is 3.38. The maximum absolute atomic E-state index is 12.0. The average Bonchev–Trinajstić information content (AvgIpc) is 2.92. The third-order valence-corrected chi connectivity index (χ3v) is 2.83. The predicted octanol–water partition coefficient (Wildman–Crippen LogP) is 2.99. The Balaban J connectivity index is 2.13. The first-order valence-corrected chi connectivity index (χ1v) is 6.62. The number of ether oxygens (including phenoxy) is 1. The summed E-state index contributed by atoms with van der Waals surface area (Å²) in [4.78, 5) is 15.9. The van der Waals surface area contributed by atoms with Gasteiger partial charge in [-0.3, -0.25) is 4.57 Å². The summed E-state index contributed by atoms with van der Waals surface area (Å²) in [6.07, 6.45) is 4.74. The highest BCUT2D eigenvalue weighted by Crippen LogP contribution is 2.25. The van der Waals surface area contributed by atoms with Crippen LogP contribution in [-0.2, 0) is 0 Å². The van der Waals surface area contributed by atoms with E-state index < -0.39 is 0 Å². The lowest BCUT2D eigenvalue weighted by Gasteiger charge is -2.19. The highest BCUT2D eigenvalue weighted by molar-refractivity contribution is 5.76. The Labute approximate surface area is 118 Å². The summed E-state index contributed by atoms with van der Waals surface area (Å²) in [5.41, 5.74) is 0.953. The number of carbonyl (C=O) groups excluding carboxylic acids is 1. The molecule has 0 aliphatic carbocycles. The number of benzene rings is 1. The number of aromatic nitrogens is 2. The van der Waals surface area contributed by atoms with E-state index in [1.165, 1.54) is 10.9 Å². The van der Waals surface area contributed by atoms with Crippen molar-refractivity contribution in [3.05, 3.63) is 48.5 Å². The van der Waals surface area contributed by atoms with E-state index in [2.05, 4.69) is 10.3 Å². The van der Waals surface area contributed by atoms with Gasteiger partial charge in [-0.05, 0) is 26.8 Å². The van der Waals surface area contributed by atoms with Crippen LogP contribution in [0.15, 0.2) is 43.0 Å². The molecular weight excluding hydrogens is 254 g/mol. The third-order valence-electron chi connectivity index (χ3n) is 2.83. The zero-order valence-corrected chi connectivity index (χ0v) is 11.9. The topological polar surface area (TPSA) is 56.1 Å². The summed E-state index contributed by atoms with van der Waals surface area (Å²) >= 11 is 0. The SMILES string of the molecule is CC(C)Oc1ccccc1C(C)NC(=O)n1ccnc1. The summed E-state index contributed by atoms with van der Waals surface area (Å²) in [7, 11) is 0. The molecule has 1 atom stereocenters. The molecule has 1 aromatic carbocycles. The van der Waals surface area contributed by atoms with E-state index in [1.807, 2.05) is 45.0 Å². The first-order valence-electron chi connectivity index (χ1n) is 6.62. The van der Waals surface area contributed by atoms with E-state index in [0.717, 1.165) is 11.3 Å². The fourth-order valence-electron chi connectivity index (χ4n) is 1.92. The molecule has 0 fully saturated rings. The maximum Gasteiger partial charge on any atom is 0.327 e. The monoisotopic (exact) mass is 273 g/mol. The molecule has 0 spiro atoms. The number of hydrogen-bond donors (Lipinski definition) is 1.